The lowest BCUT2D eigenvalue weighted by Gasteiger charge is -2.15. The summed E-state index contributed by atoms with van der Waals surface area (Å²) in [4.78, 5) is 8.43. The van der Waals surface area contributed by atoms with E-state index in [0.29, 0.717) is 6.04 Å². The highest BCUT2D eigenvalue weighted by atomic mass is 79.9. The first kappa shape index (κ1) is 10.8. The van der Waals surface area contributed by atoms with E-state index < -0.39 is 0 Å². The summed E-state index contributed by atoms with van der Waals surface area (Å²) in [6.45, 7) is 2.20. The van der Waals surface area contributed by atoms with Crippen LogP contribution in [0.15, 0.2) is 16.9 Å². The van der Waals surface area contributed by atoms with Crippen LogP contribution in [-0.4, -0.2) is 29.1 Å². The fourth-order valence-electron chi connectivity index (χ4n) is 1.73. The van der Waals surface area contributed by atoms with Crippen LogP contribution in [0.5, 0.6) is 0 Å². The lowest BCUT2D eigenvalue weighted by molar-refractivity contribution is 0.632. The van der Waals surface area contributed by atoms with Gasteiger partial charge in [0.2, 0.25) is 5.95 Å². The molecule has 1 unspecified atom stereocenters. The predicted molar refractivity (Wildman–Crippen MR) is 63.9 cm³/mol. The van der Waals surface area contributed by atoms with E-state index in [0.717, 1.165) is 29.9 Å². The van der Waals surface area contributed by atoms with Gasteiger partial charge in [0.25, 0.3) is 0 Å². The Kier molecular flexibility index (Phi) is 3.91. The number of hydrogen-bond donors (Lipinski definition) is 2. The largest absolute Gasteiger partial charge is 0.351 e. The summed E-state index contributed by atoms with van der Waals surface area (Å²) < 4.78 is 0.913. The molecule has 1 aliphatic rings. The first-order valence-corrected chi connectivity index (χ1v) is 6.09. The number of nitrogens with zero attached hydrogens (tertiary/aromatic N) is 2. The molecule has 0 aliphatic carbocycles. The molecule has 1 aromatic heterocycles. The second-order valence-electron chi connectivity index (χ2n) is 3.75. The number of rotatable bonds is 2. The predicted octanol–water partition coefficient (Wildman–Crippen LogP) is 1.79. The summed E-state index contributed by atoms with van der Waals surface area (Å²) in [5, 5.41) is 6.75. The summed E-state index contributed by atoms with van der Waals surface area (Å²) in [5.74, 6) is 0.727. The molecule has 0 bridgehead atoms. The molecule has 0 amide bonds. The van der Waals surface area contributed by atoms with Crippen LogP contribution in [-0.2, 0) is 0 Å². The molecule has 0 aromatic carbocycles. The van der Waals surface area contributed by atoms with Crippen LogP contribution in [0.1, 0.15) is 19.3 Å². The van der Waals surface area contributed by atoms with Crippen LogP contribution in [0.25, 0.3) is 0 Å². The van der Waals surface area contributed by atoms with E-state index >= 15 is 0 Å². The Labute approximate surface area is 98.0 Å². The van der Waals surface area contributed by atoms with E-state index in [1.165, 1.54) is 12.8 Å². The first-order valence-electron chi connectivity index (χ1n) is 5.29. The van der Waals surface area contributed by atoms with Gasteiger partial charge in [0.05, 0.1) is 4.47 Å². The number of hydrogen-bond acceptors (Lipinski definition) is 4. The normalized spacial score (nSPS) is 22.1. The van der Waals surface area contributed by atoms with Crippen molar-refractivity contribution in [3.05, 3.63) is 16.9 Å². The zero-order valence-corrected chi connectivity index (χ0v) is 10.1. The van der Waals surface area contributed by atoms with Crippen molar-refractivity contribution in [2.24, 2.45) is 0 Å². The van der Waals surface area contributed by atoms with Gasteiger partial charge in [-0.15, -0.1) is 0 Å². The molecular formula is C10H15BrN4. The Bertz CT molecular complexity index is 293. The third-order valence-electron chi connectivity index (χ3n) is 2.53. The zero-order valence-electron chi connectivity index (χ0n) is 8.54. The van der Waals surface area contributed by atoms with Crippen molar-refractivity contribution >= 4 is 21.9 Å². The smallest absolute Gasteiger partial charge is 0.222 e. The van der Waals surface area contributed by atoms with Gasteiger partial charge in [-0.1, -0.05) is 0 Å². The average molecular weight is 271 g/mol. The Morgan fingerprint density at radius 1 is 1.27 bits per heavy atom. The van der Waals surface area contributed by atoms with E-state index in [2.05, 4.69) is 36.5 Å². The van der Waals surface area contributed by atoms with E-state index in [1.54, 1.807) is 12.4 Å². The molecule has 4 nitrogen and oxygen atoms in total. The topological polar surface area (TPSA) is 49.8 Å². The number of aromatic nitrogens is 2. The molecule has 2 rings (SSSR count). The molecule has 1 fully saturated rings. The summed E-state index contributed by atoms with van der Waals surface area (Å²) >= 11 is 3.32. The molecule has 0 saturated carbocycles. The van der Waals surface area contributed by atoms with E-state index in [9.17, 15) is 0 Å². The number of nitrogens with one attached hydrogen (secondary N) is 2. The SMILES string of the molecule is Brc1cnc(NC2CCCNCC2)nc1. The van der Waals surface area contributed by atoms with Gasteiger partial charge in [-0.3, -0.25) is 0 Å². The molecular weight excluding hydrogens is 256 g/mol. The standard InChI is InChI=1S/C10H15BrN4/c11-8-6-13-10(14-7-8)15-9-2-1-4-12-5-3-9/h6-7,9,12H,1-5H2,(H,13,14,15). The van der Waals surface area contributed by atoms with Crippen LogP contribution in [0, 0.1) is 0 Å². The molecule has 1 atom stereocenters. The van der Waals surface area contributed by atoms with Crippen LogP contribution in [0.3, 0.4) is 0 Å². The molecule has 1 saturated heterocycles. The maximum atomic E-state index is 4.21. The molecule has 2 heterocycles. The highest BCUT2D eigenvalue weighted by Gasteiger charge is 2.12. The number of anilines is 1. The Morgan fingerprint density at radius 3 is 2.87 bits per heavy atom. The molecule has 82 valence electrons. The minimum absolute atomic E-state index is 0.501. The maximum Gasteiger partial charge on any atom is 0.222 e. The molecule has 1 aromatic rings. The summed E-state index contributed by atoms with van der Waals surface area (Å²) in [6, 6.07) is 0.501. The van der Waals surface area contributed by atoms with E-state index in [4.69, 9.17) is 0 Å². The third kappa shape index (κ3) is 3.43. The van der Waals surface area contributed by atoms with Gasteiger partial charge in [-0.2, -0.15) is 0 Å². The highest BCUT2D eigenvalue weighted by Crippen LogP contribution is 2.12. The van der Waals surface area contributed by atoms with Gasteiger partial charge >= 0.3 is 0 Å². The lowest BCUT2D eigenvalue weighted by atomic mass is 10.1. The van der Waals surface area contributed by atoms with E-state index in [-0.39, 0.29) is 0 Å². The van der Waals surface area contributed by atoms with Gasteiger partial charge in [-0.25, -0.2) is 9.97 Å². The van der Waals surface area contributed by atoms with Gasteiger partial charge < -0.3 is 10.6 Å². The van der Waals surface area contributed by atoms with Crippen molar-refractivity contribution in [1.29, 1.82) is 0 Å². The summed E-state index contributed by atoms with van der Waals surface area (Å²) in [6.07, 6.45) is 7.08. The Hall–Kier alpha value is -0.680. The van der Waals surface area contributed by atoms with Crippen LogP contribution in [0.2, 0.25) is 0 Å². The summed E-state index contributed by atoms with van der Waals surface area (Å²) in [7, 11) is 0. The van der Waals surface area contributed by atoms with Crippen molar-refractivity contribution in [3.8, 4) is 0 Å². The van der Waals surface area contributed by atoms with Crippen LogP contribution < -0.4 is 10.6 Å². The van der Waals surface area contributed by atoms with Crippen LogP contribution >= 0.6 is 15.9 Å². The monoisotopic (exact) mass is 270 g/mol. The molecule has 2 N–H and O–H groups in total. The first-order chi connectivity index (χ1) is 7.34. The maximum absolute atomic E-state index is 4.21. The van der Waals surface area contributed by atoms with Crippen LogP contribution in [0.4, 0.5) is 5.95 Å². The Balaban J connectivity index is 1.92. The molecule has 0 radical (unpaired) electrons. The quantitative estimate of drug-likeness (QED) is 0.861. The minimum Gasteiger partial charge on any atom is -0.351 e. The van der Waals surface area contributed by atoms with Crippen molar-refractivity contribution in [3.63, 3.8) is 0 Å². The molecule has 1 aliphatic heterocycles. The average Bonchev–Trinajstić information content (AvgIpc) is 2.50. The van der Waals surface area contributed by atoms with Crippen molar-refractivity contribution in [1.82, 2.24) is 15.3 Å². The Morgan fingerprint density at radius 2 is 2.07 bits per heavy atom. The minimum atomic E-state index is 0.501. The number of halogens is 1. The zero-order chi connectivity index (χ0) is 10.5. The lowest BCUT2D eigenvalue weighted by Crippen LogP contribution is -2.22. The molecule has 5 heteroatoms. The van der Waals surface area contributed by atoms with Crippen molar-refractivity contribution in [2.75, 3.05) is 18.4 Å². The van der Waals surface area contributed by atoms with Gasteiger partial charge in [0.15, 0.2) is 0 Å². The second kappa shape index (κ2) is 5.42. The van der Waals surface area contributed by atoms with Crippen molar-refractivity contribution < 1.29 is 0 Å². The van der Waals surface area contributed by atoms with E-state index in [1.807, 2.05) is 0 Å². The molecule has 0 spiro atoms. The van der Waals surface area contributed by atoms with Crippen molar-refractivity contribution in [2.45, 2.75) is 25.3 Å². The van der Waals surface area contributed by atoms with Gasteiger partial charge in [0, 0.05) is 18.4 Å². The fourth-order valence-corrected chi connectivity index (χ4v) is 1.94. The van der Waals surface area contributed by atoms with Gasteiger partial charge in [0.1, 0.15) is 0 Å². The second-order valence-corrected chi connectivity index (χ2v) is 4.66. The third-order valence-corrected chi connectivity index (χ3v) is 2.94. The highest BCUT2D eigenvalue weighted by molar-refractivity contribution is 9.10. The summed E-state index contributed by atoms with van der Waals surface area (Å²) in [5.41, 5.74) is 0. The molecule has 15 heavy (non-hydrogen) atoms. The van der Waals surface area contributed by atoms with Gasteiger partial charge in [-0.05, 0) is 48.3 Å². The fraction of sp³-hybridized carbons (Fsp3) is 0.600.